The van der Waals surface area contributed by atoms with Gasteiger partial charge in [-0.05, 0) is 63.1 Å². The number of fused-ring (bicyclic) bond motifs is 17. The maximum absolute atomic E-state index is 15.5. The minimum absolute atomic E-state index is 0.0420. The first-order valence-electron chi connectivity index (χ1n) is 39.0. The number of amides is 16. The van der Waals surface area contributed by atoms with Gasteiger partial charge in [0.05, 0.1) is 50.7 Å². The van der Waals surface area contributed by atoms with Crippen molar-refractivity contribution in [3.63, 3.8) is 0 Å². The standard InChI is InChI=1S/C70H105N27O23S6/c71-12-4-3-9-36-54(105)86-39(15-31-19-81-35-8-2-1-7-33(31)35)57(108)95-47-27-124-123-25-46-65(116)88-41(17-51(73)101)59(110)96-48(66(117)92-45(23-100)63(114)91-44(22-99)62(113)83-36)28-125-126-29-50(68(119)120)97-67(118)49(26-122-121-24-34(72)53(104)93-46)94-56(107)38(11-6-14-80-70(76)77)84-61(112)43(21-98)90-58(109)40(16-32-20-78-30-82-32)87-60(111)42(18-52(102)103)89-55(106)37(85-64(47)115)10-5-13-79-69(74)75/h1-2,7-8,19-20,30,34,36-50,81,98-100H,3-6,9-18,21-29,71-72H2,(H2,73,101)(H,78,82)(H,83,113)(H,84,112)(H,85,115)(H,86,105)(H,87,111)(H,88,116)(H,89,106)(H,90,109)(H,91,114)(H,92,117)(H,93,104)(H,94,107)(H,95,108)(H,96,110)(H,97,118)(H,102,103)(H,119,120)(H4,74,75,79)(H4,76,77,80)/t34-,36-,37-,38-,39-,40-,41-,42-,43-,44-,45-,46-,47+,48-,49-,50-/m0/s1. The number of carboxylic acids is 2. The largest absolute Gasteiger partial charge is 0.481 e. The van der Waals surface area contributed by atoms with Crippen LogP contribution >= 0.6 is 64.8 Å². The van der Waals surface area contributed by atoms with E-state index in [1.54, 1.807) is 24.3 Å². The second kappa shape index (κ2) is 53.4. The monoisotopic (exact) mass is 1880 g/mol. The van der Waals surface area contributed by atoms with Crippen molar-refractivity contribution in [3.05, 3.63) is 54.2 Å². The zero-order valence-corrected chi connectivity index (χ0v) is 72.3. The molecule has 0 aliphatic carbocycles. The minimum atomic E-state index is -2.20. The van der Waals surface area contributed by atoms with Crippen LogP contribution in [0.5, 0.6) is 0 Å². The van der Waals surface area contributed by atoms with Crippen LogP contribution in [0.3, 0.4) is 0 Å². The summed E-state index contributed by atoms with van der Waals surface area (Å²) in [4.78, 5) is 270. The predicted molar refractivity (Wildman–Crippen MR) is 462 cm³/mol. The number of nitrogens with one attached hydrogen (secondary N) is 21. The highest BCUT2D eigenvalue weighted by molar-refractivity contribution is 8.77. The molecule has 0 spiro atoms. The summed E-state index contributed by atoms with van der Waals surface area (Å²) in [7, 11) is 4.18. The molecule has 50 nitrogen and oxygen atoms in total. The molecule has 694 valence electrons. The van der Waals surface area contributed by atoms with E-state index in [9.17, 15) is 92.7 Å². The summed E-state index contributed by atoms with van der Waals surface area (Å²) in [5.74, 6) is -28.4. The van der Waals surface area contributed by atoms with Crippen LogP contribution in [0.25, 0.3) is 10.9 Å². The summed E-state index contributed by atoms with van der Waals surface area (Å²) in [6, 6.07) is -24.0. The molecule has 2 aromatic heterocycles. The normalized spacial score (nSPS) is 26.4. The van der Waals surface area contributed by atoms with Crippen molar-refractivity contribution in [1.29, 1.82) is 10.8 Å². The number of carbonyl (C=O) groups is 18. The molecular weight excluding hydrogens is 1780 g/mol. The second-order valence-electron chi connectivity index (χ2n) is 28.5. The van der Waals surface area contributed by atoms with Gasteiger partial charge in [0, 0.05) is 83.7 Å². The van der Waals surface area contributed by atoms with E-state index in [-0.39, 0.29) is 57.4 Å². The van der Waals surface area contributed by atoms with Gasteiger partial charge < -0.3 is 155 Å². The molecule has 16 atom stereocenters. The Morgan fingerprint density at radius 3 is 1.25 bits per heavy atom. The number of rotatable bonds is 24. The van der Waals surface area contributed by atoms with Crippen LogP contribution < -0.4 is 119 Å². The maximum atomic E-state index is 15.5. The number of para-hydroxylation sites is 1. The van der Waals surface area contributed by atoms with Crippen molar-refractivity contribution in [1.82, 2.24) is 105 Å². The molecule has 3 aliphatic heterocycles. The summed E-state index contributed by atoms with van der Waals surface area (Å²) in [6.07, 6.45) is -0.492. The van der Waals surface area contributed by atoms with Crippen LogP contribution in [0.1, 0.15) is 69.0 Å². The maximum Gasteiger partial charge on any atom is 0.327 e. The molecule has 0 saturated carbocycles. The molecule has 3 aromatic rings. The fourth-order valence-electron chi connectivity index (χ4n) is 12.1. The van der Waals surface area contributed by atoms with Crippen molar-refractivity contribution >= 4 is 194 Å². The van der Waals surface area contributed by atoms with E-state index in [0.717, 1.165) is 21.6 Å². The lowest BCUT2D eigenvalue weighted by Crippen LogP contribution is -2.62. The number of hydrogen-bond donors (Lipinski definition) is 31. The number of aromatic nitrogens is 3. The van der Waals surface area contributed by atoms with Crippen LogP contribution in [0.4, 0.5) is 0 Å². The van der Waals surface area contributed by atoms with Crippen LogP contribution in [-0.2, 0) is 99.1 Å². The number of H-pyrrole nitrogens is 2. The number of nitrogens with two attached hydrogens (primary N) is 5. The number of nitrogens with zero attached hydrogens (tertiary/aromatic N) is 1. The molecule has 0 unspecified atom stereocenters. The molecule has 6 rings (SSSR count). The summed E-state index contributed by atoms with van der Waals surface area (Å²) in [5, 5.41) is 110. The predicted octanol–water partition coefficient (Wildman–Crippen LogP) is -11.5. The van der Waals surface area contributed by atoms with E-state index in [1.165, 1.54) is 18.7 Å². The fraction of sp³-hybridized carbons (Fsp3) is 0.557. The van der Waals surface area contributed by atoms with Gasteiger partial charge in [0.1, 0.15) is 90.6 Å². The van der Waals surface area contributed by atoms with E-state index in [1.807, 2.05) is 0 Å². The first kappa shape index (κ1) is 104. The molecule has 5 heterocycles. The Hall–Kier alpha value is -11.1. The third-order valence-corrected chi connectivity index (χ3v) is 26.1. The zero-order valence-electron chi connectivity index (χ0n) is 67.4. The smallest absolute Gasteiger partial charge is 0.327 e. The number of guanidine groups is 2. The van der Waals surface area contributed by atoms with Crippen LogP contribution in [0.15, 0.2) is 43.0 Å². The zero-order chi connectivity index (χ0) is 92.7. The fourth-order valence-corrected chi connectivity index (χ4v) is 19.0. The SMILES string of the molecule is N=C(N)NCCC[C@@H]1NC(=O)[C@H](CO)NC(=O)[C@H](Cc2c[nH]cn2)NC(=O)[C@H](CC(=O)O)NC(=O)[C@H](CCCNC(=N)N)NC(=O)[C@H]2CSSC[C@@H]3NC(=O)[C@@H](N)CSSC[C@H](NC1=O)C(=O)N[C@H](C(=O)O)CSSC[C@H](NC(=O)[C@H](CC(N)=O)NC3=O)C(=O)N[C@@H](CO)C(=O)N[C@@H](CO)C(=O)N[C@@H](CCCCN)C(=O)N[C@@H](Cc1c[nH]c3ccccc13)C(=O)N2. The number of aromatic amines is 2. The lowest BCUT2D eigenvalue weighted by molar-refractivity contribution is -0.142. The van der Waals surface area contributed by atoms with Gasteiger partial charge in [0.2, 0.25) is 94.5 Å². The third kappa shape index (κ3) is 34.7. The lowest BCUT2D eigenvalue weighted by atomic mass is 10.0. The first-order chi connectivity index (χ1) is 60.0. The number of carboxylic acid groups (broad SMARTS) is 2. The van der Waals surface area contributed by atoms with Crippen molar-refractivity contribution in [2.75, 3.05) is 74.0 Å². The Morgan fingerprint density at radius 1 is 0.421 bits per heavy atom. The number of primary amides is 1. The number of hydrogen-bond acceptors (Lipinski definition) is 32. The lowest BCUT2D eigenvalue weighted by Gasteiger charge is -2.28. The van der Waals surface area contributed by atoms with Gasteiger partial charge in [-0.2, -0.15) is 0 Å². The Morgan fingerprint density at radius 2 is 0.786 bits per heavy atom. The average Bonchev–Trinajstić information content (AvgIpc) is 1.66. The highest BCUT2D eigenvalue weighted by Gasteiger charge is 2.41. The summed E-state index contributed by atoms with van der Waals surface area (Å²) in [6.45, 7) is -4.07. The molecule has 3 aliphatic rings. The number of aliphatic hydroxyl groups excluding tert-OH is 3. The van der Waals surface area contributed by atoms with Crippen LogP contribution in [0.2, 0.25) is 0 Å². The Kier molecular flexibility index (Phi) is 43.9. The number of aliphatic hydroxyl groups is 3. The van der Waals surface area contributed by atoms with Gasteiger partial charge in [0.15, 0.2) is 11.9 Å². The van der Waals surface area contributed by atoms with E-state index in [2.05, 4.69) is 105 Å². The quantitative estimate of drug-likeness (QED) is 0.0171. The Bertz CT molecular complexity index is 4350. The van der Waals surface area contributed by atoms with Crippen molar-refractivity contribution in [3.8, 4) is 0 Å². The molecule has 36 N–H and O–H groups in total. The van der Waals surface area contributed by atoms with Gasteiger partial charge in [-0.15, -0.1) is 0 Å². The Labute approximate surface area is 742 Å². The summed E-state index contributed by atoms with van der Waals surface area (Å²) >= 11 is 0. The summed E-state index contributed by atoms with van der Waals surface area (Å²) < 4.78 is 0. The second-order valence-corrected chi connectivity index (χ2v) is 36.1. The number of carbonyl (C=O) groups excluding carboxylic acids is 16. The Balaban J connectivity index is 1.63. The molecule has 1 aromatic carbocycles. The molecule has 3 saturated heterocycles. The molecule has 0 radical (unpaired) electrons. The highest BCUT2D eigenvalue weighted by Crippen LogP contribution is 2.28. The van der Waals surface area contributed by atoms with Crippen LogP contribution in [0, 0.1) is 10.8 Å². The molecule has 4 bridgehead atoms. The first-order valence-corrected chi connectivity index (χ1v) is 46.5. The summed E-state index contributed by atoms with van der Waals surface area (Å²) in [5.41, 5.74) is 30.0. The van der Waals surface area contributed by atoms with Gasteiger partial charge >= 0.3 is 11.9 Å². The number of aliphatic carboxylic acids is 2. The molecule has 16 amide bonds. The molecule has 126 heavy (non-hydrogen) atoms. The highest BCUT2D eigenvalue weighted by atomic mass is 33.1. The van der Waals surface area contributed by atoms with Crippen molar-refractivity contribution in [2.24, 2.45) is 28.7 Å². The van der Waals surface area contributed by atoms with Gasteiger partial charge in [0.25, 0.3) is 0 Å². The van der Waals surface area contributed by atoms with E-state index in [0.29, 0.717) is 59.6 Å². The average molecular weight is 1890 g/mol. The molecule has 56 heteroatoms. The van der Waals surface area contributed by atoms with Gasteiger partial charge in [-0.3, -0.25) is 92.3 Å². The van der Waals surface area contributed by atoms with E-state index < -0.39 is 308 Å². The van der Waals surface area contributed by atoms with Crippen molar-refractivity contribution in [2.45, 2.75) is 167 Å². The topological polar surface area (TPSA) is 835 Å². The van der Waals surface area contributed by atoms with Crippen LogP contribution in [-0.4, -0.2) is 329 Å². The number of unbranched alkanes of at least 4 members (excludes halogenated alkanes) is 1. The number of benzene rings is 1. The van der Waals surface area contributed by atoms with E-state index >= 15 is 19.2 Å². The third-order valence-electron chi connectivity index (χ3n) is 18.8. The molecular formula is C70H105N27O23S6. The molecule has 3 fully saturated rings. The van der Waals surface area contributed by atoms with Gasteiger partial charge in [-0.1, -0.05) is 83.0 Å². The van der Waals surface area contributed by atoms with Gasteiger partial charge in [-0.25, -0.2) is 9.78 Å². The van der Waals surface area contributed by atoms with Crippen molar-refractivity contribution < 1.29 is 112 Å². The van der Waals surface area contributed by atoms with E-state index in [4.69, 9.17) is 39.5 Å². The minimum Gasteiger partial charge on any atom is -0.481 e. The number of imidazole rings is 1.